The number of nitrogens with one attached hydrogen (secondary N) is 1. The molecule has 0 atom stereocenters. The van der Waals surface area contributed by atoms with E-state index in [9.17, 15) is 13.6 Å². The van der Waals surface area contributed by atoms with Crippen molar-refractivity contribution in [2.75, 3.05) is 25.0 Å². The second-order valence-corrected chi connectivity index (χ2v) is 5.28. The molecule has 1 aromatic rings. The Morgan fingerprint density at radius 1 is 1.29 bits per heavy atom. The van der Waals surface area contributed by atoms with Crippen LogP contribution in [0.3, 0.4) is 0 Å². The summed E-state index contributed by atoms with van der Waals surface area (Å²) in [6.45, 7) is 0.370. The number of aliphatic hydroxyl groups excluding tert-OH is 1. The summed E-state index contributed by atoms with van der Waals surface area (Å²) in [5.41, 5.74) is -0.419. The Kier molecular flexibility index (Phi) is 5.64. The normalized spacial score (nSPS) is 15.6. The number of amides is 1. The molecule has 4 nitrogen and oxygen atoms in total. The number of carbonyl (C=O) groups excluding carboxylic acids is 1. The molecular formula is C15H20F2N2O2. The first-order valence-electron chi connectivity index (χ1n) is 7.20. The molecule has 0 unspecified atom stereocenters. The van der Waals surface area contributed by atoms with Gasteiger partial charge in [0.2, 0.25) is 5.91 Å². The van der Waals surface area contributed by atoms with Crippen LogP contribution in [0.2, 0.25) is 0 Å². The number of aliphatic hydroxyl groups is 1. The van der Waals surface area contributed by atoms with Crippen LogP contribution in [-0.4, -0.2) is 41.7 Å². The zero-order valence-corrected chi connectivity index (χ0v) is 11.8. The Hall–Kier alpha value is -1.53. The maximum Gasteiger partial charge on any atom is 0.238 e. The lowest BCUT2D eigenvalue weighted by Crippen LogP contribution is -2.41. The zero-order chi connectivity index (χ0) is 15.2. The summed E-state index contributed by atoms with van der Waals surface area (Å²) in [6.07, 6.45) is 4.19. The minimum absolute atomic E-state index is 0.0268. The molecular weight excluding hydrogens is 278 g/mol. The van der Waals surface area contributed by atoms with Crippen molar-refractivity contribution >= 4 is 11.6 Å². The van der Waals surface area contributed by atoms with Crippen molar-refractivity contribution in [3.63, 3.8) is 0 Å². The van der Waals surface area contributed by atoms with Gasteiger partial charge in [-0.1, -0.05) is 18.9 Å². The van der Waals surface area contributed by atoms with Gasteiger partial charge >= 0.3 is 0 Å². The molecule has 2 N–H and O–H groups in total. The SMILES string of the molecule is O=C(CN(CCO)C1CCCC1)Nc1c(F)cccc1F. The molecule has 0 saturated heterocycles. The van der Waals surface area contributed by atoms with Crippen LogP contribution in [-0.2, 0) is 4.79 Å². The van der Waals surface area contributed by atoms with Gasteiger partial charge in [0, 0.05) is 12.6 Å². The molecule has 1 aliphatic carbocycles. The van der Waals surface area contributed by atoms with Gasteiger partial charge in [0.25, 0.3) is 0 Å². The minimum atomic E-state index is -0.794. The Bertz CT molecular complexity index is 470. The lowest BCUT2D eigenvalue weighted by atomic mass is 10.2. The molecule has 116 valence electrons. The quantitative estimate of drug-likeness (QED) is 0.846. The first-order valence-corrected chi connectivity index (χ1v) is 7.20. The highest BCUT2D eigenvalue weighted by atomic mass is 19.1. The lowest BCUT2D eigenvalue weighted by Gasteiger charge is -2.27. The summed E-state index contributed by atoms with van der Waals surface area (Å²) in [5.74, 6) is -2.06. The maximum absolute atomic E-state index is 13.5. The molecule has 0 aliphatic heterocycles. The number of rotatable bonds is 6. The van der Waals surface area contributed by atoms with Crippen LogP contribution in [0.5, 0.6) is 0 Å². The standard InChI is InChI=1S/C15H20F2N2O2/c16-12-6-3-7-13(17)15(12)18-14(21)10-19(8-9-20)11-4-1-2-5-11/h3,6-7,11,20H,1-2,4-5,8-10H2,(H,18,21). The third kappa shape index (κ3) is 4.22. The van der Waals surface area contributed by atoms with E-state index in [4.69, 9.17) is 5.11 Å². The Morgan fingerprint density at radius 3 is 2.48 bits per heavy atom. The minimum Gasteiger partial charge on any atom is -0.395 e. The number of benzene rings is 1. The molecule has 1 saturated carbocycles. The molecule has 1 amide bonds. The number of hydrogen-bond acceptors (Lipinski definition) is 3. The molecule has 1 fully saturated rings. The van der Waals surface area contributed by atoms with Crippen molar-refractivity contribution < 1.29 is 18.7 Å². The van der Waals surface area contributed by atoms with Crippen molar-refractivity contribution in [2.45, 2.75) is 31.7 Å². The van der Waals surface area contributed by atoms with Crippen molar-refractivity contribution in [1.82, 2.24) is 4.90 Å². The number of carbonyl (C=O) groups is 1. The average Bonchev–Trinajstić information content (AvgIpc) is 2.97. The number of halogens is 2. The molecule has 0 aromatic heterocycles. The smallest absolute Gasteiger partial charge is 0.238 e. The van der Waals surface area contributed by atoms with Crippen molar-refractivity contribution in [1.29, 1.82) is 0 Å². The van der Waals surface area contributed by atoms with Crippen molar-refractivity contribution in [3.8, 4) is 0 Å². The number of para-hydroxylation sites is 1. The third-order valence-corrected chi connectivity index (χ3v) is 3.80. The summed E-state index contributed by atoms with van der Waals surface area (Å²) in [6, 6.07) is 3.70. The van der Waals surface area contributed by atoms with Crippen molar-refractivity contribution in [3.05, 3.63) is 29.8 Å². The van der Waals surface area contributed by atoms with Gasteiger partial charge in [0.1, 0.15) is 17.3 Å². The van der Waals surface area contributed by atoms with Crippen molar-refractivity contribution in [2.24, 2.45) is 0 Å². The first kappa shape index (κ1) is 15.9. The van der Waals surface area contributed by atoms with Gasteiger partial charge in [-0.25, -0.2) is 8.78 Å². The molecule has 21 heavy (non-hydrogen) atoms. The monoisotopic (exact) mass is 298 g/mol. The van der Waals surface area contributed by atoms with Crippen LogP contribution >= 0.6 is 0 Å². The van der Waals surface area contributed by atoms with E-state index in [1.165, 1.54) is 6.07 Å². The highest BCUT2D eigenvalue weighted by Gasteiger charge is 2.24. The second kappa shape index (κ2) is 7.47. The molecule has 0 bridgehead atoms. The second-order valence-electron chi connectivity index (χ2n) is 5.28. The number of hydrogen-bond donors (Lipinski definition) is 2. The van der Waals surface area contributed by atoms with E-state index in [1.54, 1.807) is 0 Å². The summed E-state index contributed by atoms with van der Waals surface area (Å²) in [5, 5.41) is 11.4. The Morgan fingerprint density at radius 2 is 1.90 bits per heavy atom. The molecule has 0 spiro atoms. The van der Waals surface area contributed by atoms with Gasteiger partial charge in [0.15, 0.2) is 0 Å². The van der Waals surface area contributed by atoms with Crippen LogP contribution in [0.25, 0.3) is 0 Å². The van der Waals surface area contributed by atoms with E-state index in [0.29, 0.717) is 6.54 Å². The summed E-state index contributed by atoms with van der Waals surface area (Å²) in [4.78, 5) is 13.9. The van der Waals surface area contributed by atoms with Gasteiger partial charge in [-0.05, 0) is 25.0 Å². The molecule has 2 rings (SSSR count). The fourth-order valence-electron chi connectivity index (χ4n) is 2.77. The average molecular weight is 298 g/mol. The molecule has 1 aromatic carbocycles. The van der Waals surface area contributed by atoms with E-state index in [1.807, 2.05) is 4.90 Å². The van der Waals surface area contributed by atoms with E-state index >= 15 is 0 Å². The van der Waals surface area contributed by atoms with Crippen LogP contribution in [0, 0.1) is 11.6 Å². The van der Waals surface area contributed by atoms with E-state index < -0.39 is 23.2 Å². The third-order valence-electron chi connectivity index (χ3n) is 3.80. The molecule has 1 aliphatic rings. The fourth-order valence-corrected chi connectivity index (χ4v) is 2.77. The molecule has 0 radical (unpaired) electrons. The van der Waals surface area contributed by atoms with Crippen LogP contribution in [0.4, 0.5) is 14.5 Å². The highest BCUT2D eigenvalue weighted by Crippen LogP contribution is 2.23. The van der Waals surface area contributed by atoms with E-state index in [-0.39, 0.29) is 19.2 Å². The van der Waals surface area contributed by atoms with Gasteiger partial charge in [-0.3, -0.25) is 9.69 Å². The van der Waals surface area contributed by atoms with Gasteiger partial charge in [-0.15, -0.1) is 0 Å². The predicted octanol–water partition coefficient (Wildman–Crippen LogP) is 2.14. The number of anilines is 1. The Labute approximate surface area is 122 Å². The van der Waals surface area contributed by atoms with Gasteiger partial charge in [0.05, 0.1) is 13.2 Å². The number of nitrogens with zero attached hydrogens (tertiary/aromatic N) is 1. The van der Waals surface area contributed by atoms with Gasteiger partial charge < -0.3 is 10.4 Å². The molecule has 0 heterocycles. The van der Waals surface area contributed by atoms with E-state index in [0.717, 1.165) is 37.8 Å². The lowest BCUT2D eigenvalue weighted by molar-refractivity contribution is -0.118. The van der Waals surface area contributed by atoms with E-state index in [2.05, 4.69) is 5.32 Å². The summed E-state index contributed by atoms with van der Waals surface area (Å²) in [7, 11) is 0. The zero-order valence-electron chi connectivity index (χ0n) is 11.8. The molecule has 6 heteroatoms. The highest BCUT2D eigenvalue weighted by molar-refractivity contribution is 5.92. The first-order chi connectivity index (χ1) is 10.1. The van der Waals surface area contributed by atoms with Crippen LogP contribution in [0.1, 0.15) is 25.7 Å². The van der Waals surface area contributed by atoms with Crippen LogP contribution < -0.4 is 5.32 Å². The predicted molar refractivity (Wildman–Crippen MR) is 75.9 cm³/mol. The summed E-state index contributed by atoms with van der Waals surface area (Å²) >= 11 is 0. The van der Waals surface area contributed by atoms with Gasteiger partial charge in [-0.2, -0.15) is 0 Å². The Balaban J connectivity index is 1.98. The topological polar surface area (TPSA) is 52.6 Å². The maximum atomic E-state index is 13.5. The van der Waals surface area contributed by atoms with Crippen LogP contribution in [0.15, 0.2) is 18.2 Å². The summed E-state index contributed by atoms with van der Waals surface area (Å²) < 4.78 is 27.0. The fraction of sp³-hybridized carbons (Fsp3) is 0.533. The largest absolute Gasteiger partial charge is 0.395 e.